The number of fused-ring (bicyclic) bond motifs is 1. The number of carboxylic acids is 1. The topological polar surface area (TPSA) is 71.3 Å². The molecule has 0 aliphatic heterocycles. The summed E-state index contributed by atoms with van der Waals surface area (Å²) in [6.45, 7) is 1.36. The van der Waals surface area contributed by atoms with Crippen LogP contribution in [-0.4, -0.2) is 21.6 Å². The molecule has 1 unspecified atom stereocenters. The van der Waals surface area contributed by atoms with Crippen molar-refractivity contribution in [3.05, 3.63) is 106 Å². The summed E-state index contributed by atoms with van der Waals surface area (Å²) in [4.78, 5) is 24.5. The van der Waals surface area contributed by atoms with E-state index in [2.05, 4.69) is 5.32 Å². The molecule has 0 saturated carbocycles. The maximum absolute atomic E-state index is 14.3. The molecule has 0 saturated heterocycles. The summed E-state index contributed by atoms with van der Waals surface area (Å²) in [6, 6.07) is 15.6. The lowest BCUT2D eigenvalue weighted by molar-refractivity contribution is -0.137. The van der Waals surface area contributed by atoms with Crippen LogP contribution in [0.15, 0.2) is 72.8 Å². The highest BCUT2D eigenvalue weighted by Crippen LogP contribution is 2.35. The molecule has 3 aromatic carbocycles. The molecule has 4 aromatic rings. The predicted molar refractivity (Wildman–Crippen MR) is 127 cm³/mol. The number of hydrogen-bond acceptors (Lipinski definition) is 2. The van der Waals surface area contributed by atoms with Gasteiger partial charge in [-0.25, -0.2) is 13.6 Å². The zero-order valence-corrected chi connectivity index (χ0v) is 19.4. The van der Waals surface area contributed by atoms with E-state index in [1.807, 2.05) is 0 Å². The number of carbonyl (C=O) groups excluding carboxylic acids is 1. The summed E-state index contributed by atoms with van der Waals surface area (Å²) >= 11 is 0. The highest BCUT2D eigenvalue weighted by atomic mass is 19.4. The molecule has 37 heavy (non-hydrogen) atoms. The van der Waals surface area contributed by atoms with Gasteiger partial charge in [0.25, 0.3) is 12.3 Å². The maximum atomic E-state index is 14.3. The zero-order valence-electron chi connectivity index (χ0n) is 19.4. The van der Waals surface area contributed by atoms with Crippen LogP contribution in [0.25, 0.3) is 10.9 Å². The monoisotopic (exact) mass is 516 g/mol. The van der Waals surface area contributed by atoms with Crippen molar-refractivity contribution in [1.82, 2.24) is 9.88 Å². The highest BCUT2D eigenvalue weighted by Gasteiger charge is 2.32. The van der Waals surface area contributed by atoms with E-state index in [9.17, 15) is 31.5 Å². The molecule has 2 N–H and O–H groups in total. The Morgan fingerprint density at radius 1 is 0.973 bits per heavy atom. The van der Waals surface area contributed by atoms with Gasteiger partial charge in [0.15, 0.2) is 0 Å². The molecule has 0 aliphatic rings. The molecule has 0 bridgehead atoms. The van der Waals surface area contributed by atoms with Crippen molar-refractivity contribution < 1.29 is 36.6 Å². The van der Waals surface area contributed by atoms with Gasteiger partial charge < -0.3 is 15.0 Å². The quantitative estimate of drug-likeness (QED) is 0.265. The minimum absolute atomic E-state index is 0.0449. The highest BCUT2D eigenvalue weighted by molar-refractivity contribution is 6.02. The van der Waals surface area contributed by atoms with Crippen molar-refractivity contribution in [2.45, 2.75) is 32.1 Å². The van der Waals surface area contributed by atoms with Crippen LogP contribution in [0.3, 0.4) is 0 Å². The third kappa shape index (κ3) is 5.32. The van der Waals surface area contributed by atoms with E-state index in [1.165, 1.54) is 59.2 Å². The minimum atomic E-state index is -4.59. The van der Waals surface area contributed by atoms with Crippen LogP contribution >= 0.6 is 0 Å². The Kier molecular flexibility index (Phi) is 7.02. The fourth-order valence-corrected chi connectivity index (χ4v) is 4.25. The molecule has 192 valence electrons. The normalized spacial score (nSPS) is 12.6. The first-order valence-corrected chi connectivity index (χ1v) is 11.2. The number of hydrogen-bond donors (Lipinski definition) is 2. The van der Waals surface area contributed by atoms with Crippen LogP contribution in [0.2, 0.25) is 0 Å². The number of para-hydroxylation sites is 1. The molecular formula is C27H21F5N2O3. The summed E-state index contributed by atoms with van der Waals surface area (Å²) in [6.07, 6.45) is -7.62. The number of carbonyl (C=O) groups is 2. The minimum Gasteiger partial charge on any atom is -0.478 e. The van der Waals surface area contributed by atoms with E-state index in [1.54, 1.807) is 13.0 Å². The summed E-state index contributed by atoms with van der Waals surface area (Å²) in [5.74, 6) is -1.96. The second kappa shape index (κ2) is 10.0. The van der Waals surface area contributed by atoms with E-state index < -0.39 is 41.6 Å². The molecule has 0 radical (unpaired) electrons. The second-order valence-electron chi connectivity index (χ2n) is 8.49. The summed E-state index contributed by atoms with van der Waals surface area (Å²) < 4.78 is 69.6. The smallest absolute Gasteiger partial charge is 0.416 e. The van der Waals surface area contributed by atoms with Crippen LogP contribution in [0.1, 0.15) is 62.5 Å². The van der Waals surface area contributed by atoms with Crippen molar-refractivity contribution in [2.75, 3.05) is 0 Å². The summed E-state index contributed by atoms with van der Waals surface area (Å²) in [7, 11) is 0. The predicted octanol–water partition coefficient (Wildman–Crippen LogP) is 6.84. The molecule has 10 heteroatoms. The number of amides is 1. The Morgan fingerprint density at radius 3 is 2.27 bits per heavy atom. The zero-order chi connectivity index (χ0) is 26.9. The van der Waals surface area contributed by atoms with Gasteiger partial charge in [0, 0.05) is 17.4 Å². The van der Waals surface area contributed by atoms with Gasteiger partial charge in [-0.05, 0) is 48.4 Å². The Labute approximate surface area is 208 Å². The molecule has 1 aromatic heterocycles. The Bertz CT molecular complexity index is 1460. The van der Waals surface area contributed by atoms with Crippen molar-refractivity contribution in [2.24, 2.45) is 0 Å². The van der Waals surface area contributed by atoms with E-state index in [0.717, 1.165) is 12.1 Å². The molecule has 4 rings (SSSR count). The van der Waals surface area contributed by atoms with Gasteiger partial charge >= 0.3 is 12.1 Å². The van der Waals surface area contributed by atoms with Crippen LogP contribution in [0.5, 0.6) is 0 Å². The number of aromatic nitrogens is 1. The van der Waals surface area contributed by atoms with Crippen molar-refractivity contribution in [1.29, 1.82) is 0 Å². The fraction of sp³-hybridized carbons (Fsp3) is 0.185. The van der Waals surface area contributed by atoms with Gasteiger partial charge in [-0.3, -0.25) is 4.79 Å². The Hall–Kier alpha value is -4.21. The van der Waals surface area contributed by atoms with Crippen molar-refractivity contribution in [3.63, 3.8) is 0 Å². The molecule has 0 spiro atoms. The number of benzene rings is 3. The molecule has 5 nitrogen and oxygen atoms in total. The number of halogens is 5. The average molecular weight is 516 g/mol. The number of nitrogens with one attached hydrogen (secondary N) is 1. The molecule has 1 atom stereocenters. The fourth-order valence-electron chi connectivity index (χ4n) is 4.25. The first-order chi connectivity index (χ1) is 17.5. The van der Waals surface area contributed by atoms with Crippen LogP contribution in [0, 0.1) is 0 Å². The van der Waals surface area contributed by atoms with E-state index in [-0.39, 0.29) is 34.3 Å². The number of nitrogens with zero attached hydrogens (tertiary/aromatic N) is 1. The summed E-state index contributed by atoms with van der Waals surface area (Å²) in [5.41, 5.74) is -0.723. The maximum Gasteiger partial charge on any atom is 0.416 e. The Balaban J connectivity index is 1.77. The third-order valence-electron chi connectivity index (χ3n) is 6.04. The van der Waals surface area contributed by atoms with Gasteiger partial charge in [0.1, 0.15) is 5.69 Å². The lowest BCUT2D eigenvalue weighted by Crippen LogP contribution is -2.30. The third-order valence-corrected chi connectivity index (χ3v) is 6.04. The van der Waals surface area contributed by atoms with E-state index in [0.29, 0.717) is 5.56 Å². The van der Waals surface area contributed by atoms with Gasteiger partial charge in [-0.1, -0.05) is 42.5 Å². The molecule has 1 heterocycles. The second-order valence-corrected chi connectivity index (χ2v) is 8.49. The molecular weight excluding hydrogens is 495 g/mol. The standard InChI is InChI=1S/C27H21F5N2O3/c1-15(17-9-11-18(12-10-17)26(36)37)33-25(35)23-22(24(28)29)20-7-2-3-8-21(20)34(23)14-16-5-4-6-19(13-16)27(30,31)32/h2-13,15,24H,14H2,1H3,(H,33,35)(H,36,37). The number of carboxylic acid groups (broad SMARTS) is 1. The lowest BCUT2D eigenvalue weighted by atomic mass is 10.1. The number of alkyl halides is 5. The number of rotatable bonds is 7. The van der Waals surface area contributed by atoms with Gasteiger partial charge in [-0.2, -0.15) is 13.2 Å². The first-order valence-electron chi connectivity index (χ1n) is 11.2. The molecule has 1 amide bonds. The first kappa shape index (κ1) is 25.9. The van der Waals surface area contributed by atoms with E-state index >= 15 is 0 Å². The van der Waals surface area contributed by atoms with Crippen LogP contribution in [-0.2, 0) is 12.7 Å². The molecule has 0 aliphatic carbocycles. The van der Waals surface area contributed by atoms with Crippen LogP contribution in [0.4, 0.5) is 22.0 Å². The molecule has 0 fully saturated rings. The van der Waals surface area contributed by atoms with Crippen molar-refractivity contribution >= 4 is 22.8 Å². The Morgan fingerprint density at radius 2 is 1.65 bits per heavy atom. The van der Waals surface area contributed by atoms with Gasteiger partial charge in [0.2, 0.25) is 0 Å². The lowest BCUT2D eigenvalue weighted by Gasteiger charge is -2.18. The van der Waals surface area contributed by atoms with Gasteiger partial charge in [0.05, 0.1) is 22.7 Å². The average Bonchev–Trinajstić information content (AvgIpc) is 3.18. The largest absolute Gasteiger partial charge is 0.478 e. The summed E-state index contributed by atoms with van der Waals surface area (Å²) in [5, 5.41) is 11.8. The van der Waals surface area contributed by atoms with Crippen LogP contribution < -0.4 is 5.32 Å². The van der Waals surface area contributed by atoms with Gasteiger partial charge in [-0.15, -0.1) is 0 Å². The van der Waals surface area contributed by atoms with Crippen molar-refractivity contribution in [3.8, 4) is 0 Å². The van der Waals surface area contributed by atoms with E-state index in [4.69, 9.17) is 5.11 Å². The SMILES string of the molecule is CC(NC(=O)c1c(C(F)F)c2ccccc2n1Cc1cccc(C(F)(F)F)c1)c1ccc(C(=O)O)cc1. The number of aromatic carboxylic acids is 1.